The number of halogens is 2. The Kier molecular flexibility index (Phi) is 4.63. The molecule has 0 saturated carbocycles. The van der Waals surface area contributed by atoms with E-state index in [0.29, 0.717) is 0 Å². The van der Waals surface area contributed by atoms with Gasteiger partial charge in [-0.25, -0.2) is 4.39 Å². The van der Waals surface area contributed by atoms with E-state index in [1.165, 1.54) is 6.07 Å². The van der Waals surface area contributed by atoms with Gasteiger partial charge in [-0.3, -0.25) is 9.59 Å². The Hall–Kier alpha value is -1.42. The molecule has 0 unspecified atom stereocenters. The van der Waals surface area contributed by atoms with Crippen LogP contribution < -0.4 is 0 Å². The predicted octanol–water partition coefficient (Wildman–Crippen LogP) is 3.16. The van der Waals surface area contributed by atoms with Gasteiger partial charge in [-0.15, -0.1) is 0 Å². The third-order valence-electron chi connectivity index (χ3n) is 2.24. The number of aliphatic carboxylic acids is 1. The van der Waals surface area contributed by atoms with Gasteiger partial charge in [0.1, 0.15) is 5.82 Å². The van der Waals surface area contributed by atoms with Crippen molar-refractivity contribution in [3.05, 3.63) is 34.6 Å². The molecule has 0 aliphatic rings. The number of carboxylic acid groups (broad SMARTS) is 1. The van der Waals surface area contributed by atoms with Crippen molar-refractivity contribution in [3.8, 4) is 0 Å². The van der Waals surface area contributed by atoms with Crippen LogP contribution in [-0.4, -0.2) is 16.9 Å². The van der Waals surface area contributed by atoms with Crippen molar-refractivity contribution in [1.82, 2.24) is 0 Å². The zero-order chi connectivity index (χ0) is 13.0. The second-order valence-electron chi connectivity index (χ2n) is 3.99. The molecule has 1 N–H and O–H groups in total. The number of carbonyl (C=O) groups is 2. The van der Waals surface area contributed by atoms with Crippen LogP contribution in [0.25, 0.3) is 0 Å². The van der Waals surface area contributed by atoms with Crippen LogP contribution in [0.4, 0.5) is 4.39 Å². The van der Waals surface area contributed by atoms with E-state index >= 15 is 0 Å². The zero-order valence-corrected chi connectivity index (χ0v) is 10.00. The van der Waals surface area contributed by atoms with E-state index < -0.39 is 11.8 Å². The van der Waals surface area contributed by atoms with Crippen molar-refractivity contribution >= 4 is 23.4 Å². The number of Topliss-reactive ketones (excluding diaryl/α,β-unsaturated/α-hetero) is 1. The molecule has 0 aliphatic heterocycles. The highest BCUT2D eigenvalue weighted by Crippen LogP contribution is 2.18. The SMILES string of the molecule is C[C@@H](CC(=O)O)CC(=O)c1cc(F)cc(Cl)c1. The second kappa shape index (κ2) is 5.77. The summed E-state index contributed by atoms with van der Waals surface area (Å²) in [6.07, 6.45) is -0.0269. The molecule has 0 bridgehead atoms. The van der Waals surface area contributed by atoms with Crippen molar-refractivity contribution in [3.63, 3.8) is 0 Å². The molecule has 1 aromatic carbocycles. The summed E-state index contributed by atoms with van der Waals surface area (Å²) in [6, 6.07) is 3.58. The van der Waals surface area contributed by atoms with E-state index in [1.807, 2.05) is 0 Å². The van der Waals surface area contributed by atoms with Crippen molar-refractivity contribution in [2.24, 2.45) is 5.92 Å². The van der Waals surface area contributed by atoms with Gasteiger partial charge in [0.05, 0.1) is 0 Å². The van der Waals surface area contributed by atoms with Gasteiger partial charge in [0.2, 0.25) is 0 Å². The van der Waals surface area contributed by atoms with Gasteiger partial charge < -0.3 is 5.11 Å². The lowest BCUT2D eigenvalue weighted by molar-refractivity contribution is -0.137. The fourth-order valence-electron chi connectivity index (χ4n) is 1.52. The Morgan fingerprint density at radius 1 is 1.35 bits per heavy atom. The van der Waals surface area contributed by atoms with E-state index in [4.69, 9.17) is 16.7 Å². The molecule has 3 nitrogen and oxygen atoms in total. The molecule has 0 saturated heterocycles. The Balaban J connectivity index is 2.72. The van der Waals surface area contributed by atoms with Crippen molar-refractivity contribution in [2.75, 3.05) is 0 Å². The largest absolute Gasteiger partial charge is 0.481 e. The summed E-state index contributed by atoms with van der Waals surface area (Å²) in [5.41, 5.74) is 0.173. The number of hydrogen-bond acceptors (Lipinski definition) is 2. The van der Waals surface area contributed by atoms with Crippen LogP contribution in [0, 0.1) is 11.7 Å². The van der Waals surface area contributed by atoms with E-state index in [-0.39, 0.29) is 35.1 Å². The van der Waals surface area contributed by atoms with Crippen molar-refractivity contribution in [2.45, 2.75) is 19.8 Å². The molecular weight excluding hydrogens is 247 g/mol. The standard InChI is InChI=1S/C12H12ClFO3/c1-7(3-12(16)17)2-11(15)8-4-9(13)6-10(14)5-8/h4-7H,2-3H2,1H3,(H,16,17)/t7-/m1/s1. The van der Waals surface area contributed by atoms with Crippen LogP contribution in [0.5, 0.6) is 0 Å². The second-order valence-corrected chi connectivity index (χ2v) is 4.42. The van der Waals surface area contributed by atoms with Crippen LogP contribution >= 0.6 is 11.6 Å². The fourth-order valence-corrected chi connectivity index (χ4v) is 1.74. The number of carboxylic acids is 1. The summed E-state index contributed by atoms with van der Waals surface area (Å²) in [5.74, 6) is -2.13. The Morgan fingerprint density at radius 2 is 2.00 bits per heavy atom. The van der Waals surface area contributed by atoms with Crippen LogP contribution in [-0.2, 0) is 4.79 Å². The van der Waals surface area contributed by atoms with Gasteiger partial charge >= 0.3 is 5.97 Å². The number of ketones is 1. The molecule has 0 aliphatic carbocycles. The molecule has 0 spiro atoms. The van der Waals surface area contributed by atoms with Gasteiger partial charge in [-0.05, 0) is 24.1 Å². The minimum Gasteiger partial charge on any atom is -0.481 e. The summed E-state index contributed by atoms with van der Waals surface area (Å²) >= 11 is 5.63. The first-order chi connectivity index (χ1) is 7.88. The maximum absolute atomic E-state index is 13.0. The molecule has 1 rings (SSSR count). The first-order valence-corrected chi connectivity index (χ1v) is 5.47. The molecule has 1 atom stereocenters. The number of rotatable bonds is 5. The molecule has 0 fully saturated rings. The molecule has 0 heterocycles. The van der Waals surface area contributed by atoms with Crippen LogP contribution in [0.3, 0.4) is 0 Å². The van der Waals surface area contributed by atoms with E-state index in [1.54, 1.807) is 6.92 Å². The molecule has 1 aromatic rings. The molecule has 0 radical (unpaired) electrons. The van der Waals surface area contributed by atoms with Crippen LogP contribution in [0.1, 0.15) is 30.1 Å². The maximum Gasteiger partial charge on any atom is 0.303 e. The normalized spacial score (nSPS) is 12.2. The molecule has 0 amide bonds. The molecule has 17 heavy (non-hydrogen) atoms. The van der Waals surface area contributed by atoms with Gasteiger partial charge in [0.25, 0.3) is 0 Å². The number of carbonyl (C=O) groups excluding carboxylic acids is 1. The predicted molar refractivity (Wildman–Crippen MR) is 61.8 cm³/mol. The highest BCUT2D eigenvalue weighted by molar-refractivity contribution is 6.31. The number of benzene rings is 1. The molecule has 0 aromatic heterocycles. The first-order valence-electron chi connectivity index (χ1n) is 5.09. The lowest BCUT2D eigenvalue weighted by Gasteiger charge is -2.07. The zero-order valence-electron chi connectivity index (χ0n) is 9.24. The molecule has 5 heteroatoms. The van der Waals surface area contributed by atoms with E-state index in [0.717, 1.165) is 12.1 Å². The van der Waals surface area contributed by atoms with Gasteiger partial charge in [0, 0.05) is 23.4 Å². The molecule has 92 valence electrons. The van der Waals surface area contributed by atoms with Crippen LogP contribution in [0.15, 0.2) is 18.2 Å². The third kappa shape index (κ3) is 4.53. The highest BCUT2D eigenvalue weighted by atomic mass is 35.5. The van der Waals surface area contributed by atoms with Gasteiger partial charge in [-0.2, -0.15) is 0 Å². The Labute approximate surface area is 103 Å². The monoisotopic (exact) mass is 258 g/mol. The average Bonchev–Trinajstić information content (AvgIpc) is 2.14. The minimum absolute atomic E-state index is 0.0616. The minimum atomic E-state index is -0.956. The van der Waals surface area contributed by atoms with E-state index in [9.17, 15) is 14.0 Å². The summed E-state index contributed by atoms with van der Waals surface area (Å²) in [5, 5.41) is 8.72. The van der Waals surface area contributed by atoms with Gasteiger partial charge in [-0.1, -0.05) is 18.5 Å². The topological polar surface area (TPSA) is 54.4 Å². The third-order valence-corrected chi connectivity index (χ3v) is 2.46. The Morgan fingerprint density at radius 3 is 2.53 bits per heavy atom. The highest BCUT2D eigenvalue weighted by Gasteiger charge is 2.15. The van der Waals surface area contributed by atoms with Crippen LogP contribution in [0.2, 0.25) is 5.02 Å². The summed E-state index contributed by atoms with van der Waals surface area (Å²) < 4.78 is 13.0. The quantitative estimate of drug-likeness (QED) is 0.826. The van der Waals surface area contributed by atoms with Gasteiger partial charge in [0.15, 0.2) is 5.78 Å². The lowest BCUT2D eigenvalue weighted by atomic mass is 9.97. The van der Waals surface area contributed by atoms with E-state index in [2.05, 4.69) is 0 Å². The Bertz CT molecular complexity index is 425. The summed E-state index contributed by atoms with van der Waals surface area (Å²) in [6.45, 7) is 1.66. The van der Waals surface area contributed by atoms with Crippen molar-refractivity contribution < 1.29 is 19.1 Å². The summed E-state index contributed by atoms with van der Waals surface area (Å²) in [4.78, 5) is 22.2. The first kappa shape index (κ1) is 13.6. The smallest absolute Gasteiger partial charge is 0.303 e. The fraction of sp³-hybridized carbons (Fsp3) is 0.333. The van der Waals surface area contributed by atoms with Crippen molar-refractivity contribution in [1.29, 1.82) is 0 Å². The molecular formula is C12H12ClFO3. The number of hydrogen-bond donors (Lipinski definition) is 1. The maximum atomic E-state index is 13.0. The summed E-state index contributed by atoms with van der Waals surface area (Å²) in [7, 11) is 0. The average molecular weight is 259 g/mol. The lowest BCUT2D eigenvalue weighted by Crippen LogP contribution is -2.10.